The predicted octanol–water partition coefficient (Wildman–Crippen LogP) is 4.41. The molecule has 0 radical (unpaired) electrons. The zero-order valence-corrected chi connectivity index (χ0v) is 16.7. The molecular weight excluding hydrogens is 428 g/mol. The number of hydrogen-bond acceptors (Lipinski definition) is 2. The van der Waals surface area contributed by atoms with Gasteiger partial charge in [0.25, 0.3) is 11.3 Å². The third-order valence-corrected chi connectivity index (χ3v) is 4.77. The van der Waals surface area contributed by atoms with Gasteiger partial charge in [0, 0.05) is 0 Å². The Balaban J connectivity index is 3.17. The number of rotatable bonds is 5. The molecule has 3 N–H and O–H groups in total. The van der Waals surface area contributed by atoms with Crippen LogP contribution in [0.25, 0.3) is 0 Å². The third-order valence-electron chi connectivity index (χ3n) is 4.15. The summed E-state index contributed by atoms with van der Waals surface area (Å²) < 4.78 is 99.8. The number of halogens is 6. The molecule has 0 saturated heterocycles. The number of nitrogens with one attached hydrogen (secondary N) is 2. The van der Waals surface area contributed by atoms with Crippen LogP contribution in [0, 0.1) is 0 Å². The van der Waals surface area contributed by atoms with E-state index in [1.807, 2.05) is 20.8 Å². The van der Waals surface area contributed by atoms with Crippen molar-refractivity contribution in [3.63, 3.8) is 0 Å². The summed E-state index contributed by atoms with van der Waals surface area (Å²) in [7, 11) is 0. The van der Waals surface area contributed by atoms with Gasteiger partial charge in [-0.15, -0.1) is 0 Å². The van der Waals surface area contributed by atoms with Crippen molar-refractivity contribution in [3.05, 3.63) is 29.8 Å². The van der Waals surface area contributed by atoms with Crippen molar-refractivity contribution >= 4 is 23.0 Å². The molecule has 0 bridgehead atoms. The molecule has 0 aliphatic rings. The number of amides is 2. The second-order valence-electron chi connectivity index (χ2n) is 7.14. The third kappa shape index (κ3) is 5.53. The van der Waals surface area contributed by atoms with Crippen LogP contribution in [0.1, 0.15) is 39.7 Å². The smallest absolute Gasteiger partial charge is 0.315 e. The van der Waals surface area contributed by atoms with Crippen LogP contribution in [0.5, 0.6) is 0 Å². The number of carbonyl (C=O) groups is 1. The van der Waals surface area contributed by atoms with E-state index in [0.29, 0.717) is 6.92 Å². The number of benzene rings is 1. The summed E-state index contributed by atoms with van der Waals surface area (Å²) in [6, 6.07) is 3.70. The zero-order chi connectivity index (χ0) is 22.8. The van der Waals surface area contributed by atoms with Crippen LogP contribution >= 0.6 is 0 Å². The highest BCUT2D eigenvalue weighted by Crippen LogP contribution is 2.45. The molecule has 13 heteroatoms. The molecule has 1 aromatic carbocycles. The van der Waals surface area contributed by atoms with Gasteiger partial charge in [0.1, 0.15) is 0 Å². The molecule has 1 unspecified atom stereocenters. The predicted molar refractivity (Wildman–Crippen MR) is 95.2 cm³/mol. The Kier molecular flexibility index (Phi) is 7.23. The highest BCUT2D eigenvalue weighted by Gasteiger charge is 2.70. The molecule has 2 amide bonds. The Morgan fingerprint density at radius 1 is 1.03 bits per heavy atom. The molecule has 0 aliphatic carbocycles. The Morgan fingerprint density at radius 2 is 1.48 bits per heavy atom. The van der Waals surface area contributed by atoms with Gasteiger partial charge in [-0.1, -0.05) is 39.8 Å². The van der Waals surface area contributed by atoms with Gasteiger partial charge in [0.05, 0.1) is 5.69 Å². The largest absolute Gasteiger partial charge is 0.420 e. The number of hydrogen-bond donors (Lipinski definition) is 3. The van der Waals surface area contributed by atoms with E-state index in [-0.39, 0.29) is 15.5 Å². The van der Waals surface area contributed by atoms with E-state index in [0.717, 1.165) is 10.9 Å². The highest BCUT2D eigenvalue weighted by atomic mass is 32.2. The summed E-state index contributed by atoms with van der Waals surface area (Å²) in [5.74, 6) is 0. The van der Waals surface area contributed by atoms with Gasteiger partial charge in [-0.25, -0.2) is 14.4 Å². The maximum atomic E-state index is 13.1. The molecule has 0 spiro atoms. The summed E-state index contributed by atoms with van der Waals surface area (Å²) in [4.78, 5) is 11.9. The van der Waals surface area contributed by atoms with Gasteiger partial charge < -0.3 is 5.32 Å². The molecule has 1 aromatic rings. The molecule has 6 nitrogen and oxygen atoms in total. The first-order valence-corrected chi connectivity index (χ1v) is 9.26. The lowest BCUT2D eigenvalue weighted by molar-refractivity contribution is -0.304. The van der Waals surface area contributed by atoms with Crippen LogP contribution in [0.3, 0.4) is 0 Å². The van der Waals surface area contributed by atoms with Crippen LogP contribution in [-0.2, 0) is 16.7 Å². The second kappa shape index (κ2) is 8.38. The number of alkyl halides is 6. The van der Waals surface area contributed by atoms with Crippen molar-refractivity contribution in [1.29, 1.82) is 0 Å². The standard InChI is InChI=1S/C16H21F6N3O3S/c1-5-14(15(17,18)19,16(20,21)22)23-12(26)24-25(29(27)28)11-8-6-10(7-9-11)13(2,3)4/h6-9H,5H2,1-4H3,(H,27,28)(H2,23,24,26). The Hall–Kier alpha value is -2.02. The zero-order valence-electron chi connectivity index (χ0n) is 15.9. The molecule has 1 rings (SSSR count). The monoisotopic (exact) mass is 449 g/mol. The fourth-order valence-electron chi connectivity index (χ4n) is 2.40. The number of urea groups is 1. The quantitative estimate of drug-likeness (QED) is 0.354. The maximum absolute atomic E-state index is 13.1. The Morgan fingerprint density at radius 3 is 1.79 bits per heavy atom. The molecule has 0 fully saturated rings. The molecule has 0 saturated carbocycles. The first-order valence-electron chi connectivity index (χ1n) is 8.20. The average Bonchev–Trinajstić information content (AvgIpc) is 2.54. The van der Waals surface area contributed by atoms with E-state index in [1.54, 1.807) is 5.43 Å². The first kappa shape index (κ1) is 25.0. The van der Waals surface area contributed by atoms with Gasteiger partial charge >= 0.3 is 18.4 Å². The lowest BCUT2D eigenvalue weighted by Crippen LogP contribution is -2.69. The molecule has 0 aliphatic heterocycles. The number of hydrazine groups is 1. The second-order valence-corrected chi connectivity index (χ2v) is 7.97. The molecule has 166 valence electrons. The van der Waals surface area contributed by atoms with Crippen LogP contribution in [0.4, 0.5) is 36.8 Å². The summed E-state index contributed by atoms with van der Waals surface area (Å²) in [5.41, 5.74) is -2.58. The average molecular weight is 449 g/mol. The lowest BCUT2D eigenvalue weighted by Gasteiger charge is -2.37. The number of nitrogens with zero attached hydrogens (tertiary/aromatic N) is 1. The summed E-state index contributed by atoms with van der Waals surface area (Å²) in [6.45, 7) is 6.26. The van der Waals surface area contributed by atoms with Crippen molar-refractivity contribution in [2.75, 3.05) is 4.41 Å². The van der Waals surface area contributed by atoms with Crippen molar-refractivity contribution in [2.45, 2.75) is 57.4 Å². The van der Waals surface area contributed by atoms with Gasteiger partial charge in [0.15, 0.2) is 0 Å². The minimum Gasteiger partial charge on any atom is -0.315 e. The van der Waals surface area contributed by atoms with Crippen LogP contribution < -0.4 is 15.2 Å². The van der Waals surface area contributed by atoms with E-state index in [2.05, 4.69) is 0 Å². The van der Waals surface area contributed by atoms with Crippen molar-refractivity contribution < 1.29 is 39.9 Å². The van der Waals surface area contributed by atoms with Crippen LogP contribution in [0.15, 0.2) is 24.3 Å². The van der Waals surface area contributed by atoms with Crippen molar-refractivity contribution in [2.24, 2.45) is 0 Å². The molecular formula is C16H21F6N3O3S. The summed E-state index contributed by atoms with van der Waals surface area (Å²) in [6.07, 6.45) is -13.2. The minimum atomic E-state index is -5.85. The Bertz CT molecular complexity index is 730. The minimum absolute atomic E-state index is 0.130. The van der Waals surface area contributed by atoms with E-state index in [9.17, 15) is 39.9 Å². The topological polar surface area (TPSA) is 81.7 Å². The molecule has 0 heterocycles. The fourth-order valence-corrected chi connectivity index (χ4v) is 2.86. The number of carbonyl (C=O) groups excluding carboxylic acids is 1. The van der Waals surface area contributed by atoms with Crippen LogP contribution in [0.2, 0.25) is 0 Å². The molecule has 1 atom stereocenters. The van der Waals surface area contributed by atoms with E-state index >= 15 is 0 Å². The first-order chi connectivity index (χ1) is 13.0. The maximum Gasteiger partial charge on any atom is 0.420 e. The fraction of sp³-hybridized carbons (Fsp3) is 0.562. The molecule has 29 heavy (non-hydrogen) atoms. The normalized spacial score (nSPS) is 14.3. The van der Waals surface area contributed by atoms with Crippen molar-refractivity contribution in [3.8, 4) is 0 Å². The SMILES string of the molecule is CCC(NC(=O)NN(c1ccc(C(C)(C)C)cc1)S(=O)O)(C(F)(F)F)C(F)(F)F. The van der Waals surface area contributed by atoms with Crippen LogP contribution in [-0.4, -0.2) is 32.7 Å². The van der Waals surface area contributed by atoms with E-state index in [4.69, 9.17) is 0 Å². The van der Waals surface area contributed by atoms with E-state index in [1.165, 1.54) is 24.3 Å². The van der Waals surface area contributed by atoms with Gasteiger partial charge in [-0.05, 0) is 29.5 Å². The van der Waals surface area contributed by atoms with Crippen molar-refractivity contribution in [1.82, 2.24) is 10.7 Å². The molecule has 0 aromatic heterocycles. The number of anilines is 1. The summed E-state index contributed by atoms with van der Waals surface area (Å²) >= 11 is -2.98. The lowest BCUT2D eigenvalue weighted by atomic mass is 9.87. The summed E-state index contributed by atoms with van der Waals surface area (Å²) in [5, 5.41) is 0.864. The van der Waals surface area contributed by atoms with Gasteiger partial charge in [0.2, 0.25) is 5.54 Å². The van der Waals surface area contributed by atoms with Gasteiger partial charge in [-0.2, -0.15) is 30.8 Å². The van der Waals surface area contributed by atoms with E-state index < -0.39 is 41.6 Å². The van der Waals surface area contributed by atoms with Gasteiger partial charge in [-0.3, -0.25) is 4.55 Å². The highest BCUT2D eigenvalue weighted by molar-refractivity contribution is 7.80. The Labute approximate surface area is 166 Å².